The minimum absolute atomic E-state index is 0.156. The third-order valence-electron chi connectivity index (χ3n) is 5.14. The van der Waals surface area contributed by atoms with Gasteiger partial charge in [0.1, 0.15) is 5.82 Å². The first kappa shape index (κ1) is 15.2. The summed E-state index contributed by atoms with van der Waals surface area (Å²) >= 11 is 0. The maximum atomic E-state index is 14.2. The summed E-state index contributed by atoms with van der Waals surface area (Å²) in [7, 11) is 0. The molecule has 2 aliphatic rings. The molecule has 0 saturated carbocycles. The Morgan fingerprint density at radius 2 is 1.79 bits per heavy atom. The highest BCUT2D eigenvalue weighted by molar-refractivity contribution is 6.01. The Bertz CT molecular complexity index is 781. The van der Waals surface area contributed by atoms with Crippen LogP contribution in [0.15, 0.2) is 42.5 Å². The Morgan fingerprint density at radius 3 is 2.54 bits per heavy atom. The fraction of sp³-hybridized carbons (Fsp3) is 0.350. The van der Waals surface area contributed by atoms with Crippen molar-refractivity contribution >= 4 is 17.3 Å². The largest absolute Gasteiger partial charge is 0.369 e. The van der Waals surface area contributed by atoms with Crippen LogP contribution in [0.4, 0.5) is 15.8 Å². The summed E-state index contributed by atoms with van der Waals surface area (Å²) in [5, 5.41) is 0. The normalized spacial score (nSPS) is 18.2. The monoisotopic (exact) mass is 324 g/mol. The lowest BCUT2D eigenvalue weighted by Gasteiger charge is -2.38. The van der Waals surface area contributed by atoms with Gasteiger partial charge < -0.3 is 9.80 Å². The van der Waals surface area contributed by atoms with Gasteiger partial charge >= 0.3 is 0 Å². The van der Waals surface area contributed by atoms with E-state index >= 15 is 0 Å². The first-order chi connectivity index (χ1) is 11.6. The van der Waals surface area contributed by atoms with E-state index in [1.54, 1.807) is 6.07 Å². The van der Waals surface area contributed by atoms with Crippen LogP contribution < -0.4 is 9.80 Å². The van der Waals surface area contributed by atoms with E-state index in [-0.39, 0.29) is 17.8 Å². The summed E-state index contributed by atoms with van der Waals surface area (Å²) in [4.78, 5) is 16.5. The summed E-state index contributed by atoms with van der Waals surface area (Å²) in [6, 6.07) is 13.6. The molecule has 24 heavy (non-hydrogen) atoms. The number of amides is 1. The number of benzene rings is 2. The number of carbonyl (C=O) groups is 1. The number of nitrogens with zero attached hydrogens (tertiary/aromatic N) is 2. The van der Waals surface area contributed by atoms with E-state index in [2.05, 4.69) is 4.90 Å². The van der Waals surface area contributed by atoms with Gasteiger partial charge in [-0.3, -0.25) is 4.79 Å². The zero-order chi connectivity index (χ0) is 16.7. The van der Waals surface area contributed by atoms with Crippen molar-refractivity contribution in [3.05, 3.63) is 59.4 Å². The Hall–Kier alpha value is -2.36. The second-order valence-corrected chi connectivity index (χ2v) is 6.74. The Morgan fingerprint density at radius 1 is 1.04 bits per heavy atom. The van der Waals surface area contributed by atoms with Gasteiger partial charge in [-0.25, -0.2) is 4.39 Å². The van der Waals surface area contributed by atoms with Gasteiger partial charge in [0.25, 0.3) is 0 Å². The van der Waals surface area contributed by atoms with Gasteiger partial charge in [0.2, 0.25) is 5.91 Å². The molecular weight excluding hydrogens is 303 g/mol. The topological polar surface area (TPSA) is 23.6 Å². The number of aryl methyl sites for hydroxylation is 1. The molecule has 0 radical (unpaired) electrons. The zero-order valence-corrected chi connectivity index (χ0v) is 13.8. The molecule has 0 N–H and O–H groups in total. The van der Waals surface area contributed by atoms with Crippen molar-refractivity contribution in [1.29, 1.82) is 0 Å². The van der Waals surface area contributed by atoms with Gasteiger partial charge in [0.15, 0.2) is 0 Å². The standard InChI is InChI=1S/C20H21FN2O/c1-14-6-7-19(17(21)12-14)22-10-8-16(9-11-22)23-18-5-3-2-4-15(18)13-20(23)24/h2-7,12,16H,8-11,13H2,1H3. The van der Waals surface area contributed by atoms with E-state index in [1.165, 1.54) is 0 Å². The summed E-state index contributed by atoms with van der Waals surface area (Å²) in [5.74, 6) is 0.0345. The number of para-hydroxylation sites is 1. The van der Waals surface area contributed by atoms with Crippen molar-refractivity contribution in [2.45, 2.75) is 32.2 Å². The molecule has 0 unspecified atom stereocenters. The van der Waals surface area contributed by atoms with E-state index in [0.29, 0.717) is 12.1 Å². The number of fused-ring (bicyclic) bond motifs is 1. The van der Waals surface area contributed by atoms with Crippen molar-refractivity contribution in [3.8, 4) is 0 Å². The minimum atomic E-state index is -0.156. The highest BCUT2D eigenvalue weighted by atomic mass is 19.1. The van der Waals surface area contributed by atoms with Crippen LogP contribution in [0.2, 0.25) is 0 Å². The minimum Gasteiger partial charge on any atom is -0.369 e. The number of hydrogen-bond donors (Lipinski definition) is 0. The highest BCUT2D eigenvalue weighted by Gasteiger charge is 2.34. The SMILES string of the molecule is Cc1ccc(N2CCC(N3C(=O)Cc4ccccc43)CC2)c(F)c1. The van der Waals surface area contributed by atoms with Crippen molar-refractivity contribution in [2.24, 2.45) is 0 Å². The van der Waals surface area contributed by atoms with Gasteiger partial charge in [-0.15, -0.1) is 0 Å². The first-order valence-electron chi connectivity index (χ1n) is 8.54. The fourth-order valence-electron chi connectivity index (χ4n) is 3.91. The molecule has 124 valence electrons. The first-order valence-corrected chi connectivity index (χ1v) is 8.54. The molecule has 0 bridgehead atoms. The molecular formula is C20H21FN2O. The summed E-state index contributed by atoms with van der Waals surface area (Å²) in [6.45, 7) is 3.45. The van der Waals surface area contributed by atoms with Crippen LogP contribution in [-0.4, -0.2) is 25.0 Å². The van der Waals surface area contributed by atoms with Crippen LogP contribution >= 0.6 is 0 Å². The third kappa shape index (κ3) is 2.56. The quantitative estimate of drug-likeness (QED) is 0.841. The molecule has 0 aromatic heterocycles. The predicted molar refractivity (Wildman–Crippen MR) is 94.0 cm³/mol. The number of anilines is 2. The van der Waals surface area contributed by atoms with Crippen molar-refractivity contribution in [1.82, 2.24) is 0 Å². The predicted octanol–water partition coefficient (Wildman–Crippen LogP) is 3.69. The second-order valence-electron chi connectivity index (χ2n) is 6.74. The van der Waals surface area contributed by atoms with E-state index in [0.717, 1.165) is 42.7 Å². The number of halogens is 1. The molecule has 3 nitrogen and oxygen atoms in total. The van der Waals surface area contributed by atoms with Gasteiger partial charge in [-0.05, 0) is 49.1 Å². The Kier molecular flexibility index (Phi) is 3.75. The Labute approximate surface area is 141 Å². The summed E-state index contributed by atoms with van der Waals surface area (Å²) in [5.41, 5.74) is 3.79. The molecule has 2 aromatic rings. The average molecular weight is 324 g/mol. The van der Waals surface area contributed by atoms with E-state index in [9.17, 15) is 9.18 Å². The van der Waals surface area contributed by atoms with E-state index < -0.39 is 0 Å². The number of hydrogen-bond acceptors (Lipinski definition) is 2. The molecule has 4 rings (SSSR count). The lowest BCUT2D eigenvalue weighted by atomic mass is 10.0. The lowest BCUT2D eigenvalue weighted by Crippen LogP contribution is -2.46. The van der Waals surface area contributed by atoms with Crippen molar-refractivity contribution < 1.29 is 9.18 Å². The second kappa shape index (κ2) is 5.93. The van der Waals surface area contributed by atoms with Gasteiger partial charge in [-0.2, -0.15) is 0 Å². The van der Waals surface area contributed by atoms with Gasteiger partial charge in [0, 0.05) is 24.8 Å². The van der Waals surface area contributed by atoms with Gasteiger partial charge in [-0.1, -0.05) is 24.3 Å². The highest BCUT2D eigenvalue weighted by Crippen LogP contribution is 2.34. The molecule has 0 spiro atoms. The molecule has 1 saturated heterocycles. The average Bonchev–Trinajstić information content (AvgIpc) is 2.91. The van der Waals surface area contributed by atoms with Crippen LogP contribution in [0.1, 0.15) is 24.0 Å². The molecule has 2 aromatic carbocycles. The molecule has 0 aliphatic carbocycles. The number of carbonyl (C=O) groups excluding carboxylic acids is 1. The molecule has 1 amide bonds. The molecule has 4 heteroatoms. The zero-order valence-electron chi connectivity index (χ0n) is 13.8. The van der Waals surface area contributed by atoms with Gasteiger partial charge in [0.05, 0.1) is 12.1 Å². The van der Waals surface area contributed by atoms with E-state index in [4.69, 9.17) is 0 Å². The van der Waals surface area contributed by atoms with Crippen molar-refractivity contribution in [3.63, 3.8) is 0 Å². The Balaban J connectivity index is 1.50. The maximum absolute atomic E-state index is 14.2. The third-order valence-corrected chi connectivity index (χ3v) is 5.14. The van der Waals surface area contributed by atoms with Crippen LogP contribution in [0.3, 0.4) is 0 Å². The maximum Gasteiger partial charge on any atom is 0.231 e. The number of rotatable bonds is 2. The molecule has 1 fully saturated rings. The van der Waals surface area contributed by atoms with Crippen LogP contribution in [0, 0.1) is 12.7 Å². The van der Waals surface area contributed by atoms with Crippen molar-refractivity contribution in [2.75, 3.05) is 22.9 Å². The smallest absolute Gasteiger partial charge is 0.231 e. The fourth-order valence-corrected chi connectivity index (χ4v) is 3.91. The molecule has 2 heterocycles. The van der Waals surface area contributed by atoms with Crippen LogP contribution in [0.25, 0.3) is 0 Å². The van der Waals surface area contributed by atoms with Crippen LogP contribution in [0.5, 0.6) is 0 Å². The molecule has 2 aliphatic heterocycles. The number of piperidine rings is 1. The lowest BCUT2D eigenvalue weighted by molar-refractivity contribution is -0.117. The summed E-state index contributed by atoms with van der Waals surface area (Å²) < 4.78 is 14.2. The van der Waals surface area contributed by atoms with Crippen LogP contribution in [-0.2, 0) is 11.2 Å². The van der Waals surface area contributed by atoms with E-state index in [1.807, 2.05) is 48.2 Å². The summed E-state index contributed by atoms with van der Waals surface area (Å²) in [6.07, 6.45) is 2.24. The molecule has 0 atom stereocenters.